The zero-order valence-electron chi connectivity index (χ0n) is 14.7. The topological polar surface area (TPSA) is 57.7 Å². The Bertz CT molecular complexity index is 748. The Morgan fingerprint density at radius 1 is 1.12 bits per heavy atom. The predicted molar refractivity (Wildman–Crippen MR) is 92.9 cm³/mol. The van der Waals surface area contributed by atoms with E-state index < -0.39 is 15.8 Å². The van der Waals surface area contributed by atoms with E-state index in [9.17, 15) is 17.6 Å². The number of amides is 1. The van der Waals surface area contributed by atoms with E-state index in [1.165, 1.54) is 28.6 Å². The van der Waals surface area contributed by atoms with Gasteiger partial charge in [-0.1, -0.05) is 0 Å². The number of likely N-dealkylation sites (tertiary alicyclic amines) is 1. The Hall–Kier alpha value is -1.47. The van der Waals surface area contributed by atoms with Gasteiger partial charge in [-0.3, -0.25) is 4.79 Å². The molecule has 0 bridgehead atoms. The minimum absolute atomic E-state index is 0.119. The van der Waals surface area contributed by atoms with Crippen molar-refractivity contribution in [2.45, 2.75) is 50.5 Å². The van der Waals surface area contributed by atoms with Crippen molar-refractivity contribution in [3.63, 3.8) is 0 Å². The van der Waals surface area contributed by atoms with Crippen LogP contribution in [0.1, 0.15) is 39.5 Å². The van der Waals surface area contributed by atoms with E-state index in [1.807, 2.05) is 18.7 Å². The van der Waals surface area contributed by atoms with Gasteiger partial charge in [-0.05, 0) is 57.4 Å². The maximum absolute atomic E-state index is 13.1. The average Bonchev–Trinajstić information content (AvgIpc) is 2.58. The van der Waals surface area contributed by atoms with Crippen LogP contribution in [0, 0.1) is 11.2 Å². The molecule has 3 rings (SSSR count). The van der Waals surface area contributed by atoms with Crippen molar-refractivity contribution in [1.82, 2.24) is 9.21 Å². The van der Waals surface area contributed by atoms with Gasteiger partial charge in [0.25, 0.3) is 0 Å². The van der Waals surface area contributed by atoms with E-state index >= 15 is 0 Å². The molecule has 2 heterocycles. The fourth-order valence-corrected chi connectivity index (χ4v) is 5.56. The lowest BCUT2D eigenvalue weighted by molar-refractivity contribution is -0.140. The molecule has 0 saturated carbocycles. The highest BCUT2D eigenvalue weighted by atomic mass is 32.2. The Kier molecular flexibility index (Phi) is 4.90. The number of nitrogens with zero attached hydrogens (tertiary/aromatic N) is 2. The highest BCUT2D eigenvalue weighted by molar-refractivity contribution is 7.89. The molecule has 0 aliphatic carbocycles. The van der Waals surface area contributed by atoms with Crippen LogP contribution in [-0.2, 0) is 14.8 Å². The van der Waals surface area contributed by atoms with Crippen LogP contribution in [0.3, 0.4) is 0 Å². The molecule has 1 aromatic carbocycles. The number of piperidine rings is 2. The lowest BCUT2D eigenvalue weighted by Crippen LogP contribution is -2.56. The molecule has 2 fully saturated rings. The molecule has 0 aromatic heterocycles. The van der Waals surface area contributed by atoms with Gasteiger partial charge >= 0.3 is 0 Å². The maximum Gasteiger partial charge on any atom is 0.243 e. The first-order chi connectivity index (χ1) is 11.7. The Morgan fingerprint density at radius 3 is 2.44 bits per heavy atom. The average molecular weight is 368 g/mol. The molecule has 1 unspecified atom stereocenters. The molecule has 0 radical (unpaired) electrons. The lowest BCUT2D eigenvalue weighted by atomic mass is 9.74. The van der Waals surface area contributed by atoms with Crippen molar-refractivity contribution in [1.29, 1.82) is 0 Å². The molecule has 7 heteroatoms. The normalized spacial score (nSPS) is 25.8. The highest BCUT2D eigenvalue weighted by Crippen LogP contribution is 2.40. The molecule has 2 aliphatic rings. The quantitative estimate of drug-likeness (QED) is 0.824. The van der Waals surface area contributed by atoms with Crippen LogP contribution in [0.15, 0.2) is 29.2 Å². The molecule has 1 atom stereocenters. The Balaban J connectivity index is 1.83. The van der Waals surface area contributed by atoms with E-state index in [1.54, 1.807) is 0 Å². The molecule has 5 nitrogen and oxygen atoms in total. The summed E-state index contributed by atoms with van der Waals surface area (Å²) in [6.45, 7) is 5.48. The minimum Gasteiger partial charge on any atom is -0.340 e. The number of carbonyl (C=O) groups is 1. The summed E-state index contributed by atoms with van der Waals surface area (Å²) in [7, 11) is -3.64. The smallest absolute Gasteiger partial charge is 0.243 e. The zero-order chi connectivity index (χ0) is 18.2. The fourth-order valence-electron chi connectivity index (χ4n) is 3.97. The maximum atomic E-state index is 13.1. The monoisotopic (exact) mass is 368 g/mol. The van der Waals surface area contributed by atoms with Gasteiger partial charge < -0.3 is 4.90 Å². The summed E-state index contributed by atoms with van der Waals surface area (Å²) in [6, 6.07) is 5.10. The number of benzene rings is 1. The first-order valence-corrected chi connectivity index (χ1v) is 10.2. The third-order valence-corrected chi connectivity index (χ3v) is 7.26. The number of halogens is 1. The van der Waals surface area contributed by atoms with Crippen LogP contribution in [0.5, 0.6) is 0 Å². The second-order valence-corrected chi connectivity index (χ2v) is 9.45. The molecule has 138 valence electrons. The standard InChI is InChI=1S/C18H25FN2O3S/c1-14(2)21-13-18(10-8-17(21)22)9-3-11-20(12-18)25(23,24)16-6-4-15(19)5-7-16/h4-7,14H,3,8-13H2,1-2H3. The van der Waals surface area contributed by atoms with Crippen LogP contribution < -0.4 is 0 Å². The van der Waals surface area contributed by atoms with Crippen LogP contribution in [0.4, 0.5) is 4.39 Å². The molecule has 1 amide bonds. The van der Waals surface area contributed by atoms with E-state index in [4.69, 9.17) is 0 Å². The highest BCUT2D eigenvalue weighted by Gasteiger charge is 2.44. The van der Waals surface area contributed by atoms with Gasteiger partial charge in [-0.15, -0.1) is 0 Å². The number of hydrogen-bond acceptors (Lipinski definition) is 3. The predicted octanol–water partition coefficient (Wildman–Crippen LogP) is 2.63. The molecular formula is C18H25FN2O3S. The molecule has 0 N–H and O–H groups in total. The van der Waals surface area contributed by atoms with E-state index in [-0.39, 0.29) is 22.3 Å². The van der Waals surface area contributed by atoms with E-state index in [0.29, 0.717) is 26.1 Å². The number of carbonyl (C=O) groups excluding carboxylic acids is 1. The molecule has 1 spiro atoms. The van der Waals surface area contributed by atoms with Crippen LogP contribution in [0.25, 0.3) is 0 Å². The largest absolute Gasteiger partial charge is 0.340 e. The summed E-state index contributed by atoms with van der Waals surface area (Å²) >= 11 is 0. The van der Waals surface area contributed by atoms with Crippen molar-refractivity contribution >= 4 is 15.9 Å². The van der Waals surface area contributed by atoms with Gasteiger partial charge in [0.2, 0.25) is 15.9 Å². The Morgan fingerprint density at radius 2 is 1.80 bits per heavy atom. The molecule has 1 aromatic rings. The number of hydrogen-bond donors (Lipinski definition) is 0. The third-order valence-electron chi connectivity index (χ3n) is 5.40. The second kappa shape index (κ2) is 6.68. The van der Waals surface area contributed by atoms with Crippen molar-refractivity contribution < 1.29 is 17.6 Å². The Labute approximate surface area is 148 Å². The van der Waals surface area contributed by atoms with Gasteiger partial charge in [0.1, 0.15) is 5.82 Å². The SMILES string of the molecule is CC(C)N1CC2(CCCN(S(=O)(=O)c3ccc(F)cc3)C2)CCC1=O. The summed E-state index contributed by atoms with van der Waals surface area (Å²) in [6.07, 6.45) is 2.91. The minimum atomic E-state index is -3.64. The van der Waals surface area contributed by atoms with Crippen LogP contribution in [0.2, 0.25) is 0 Å². The molecule has 2 saturated heterocycles. The summed E-state index contributed by atoms with van der Waals surface area (Å²) in [5.74, 6) is -0.299. The zero-order valence-corrected chi connectivity index (χ0v) is 15.6. The van der Waals surface area contributed by atoms with Crippen molar-refractivity contribution in [2.24, 2.45) is 5.41 Å². The summed E-state index contributed by atoms with van der Waals surface area (Å²) in [5.41, 5.74) is -0.177. The fraction of sp³-hybridized carbons (Fsp3) is 0.611. The van der Waals surface area contributed by atoms with E-state index in [0.717, 1.165) is 19.3 Å². The van der Waals surface area contributed by atoms with Crippen molar-refractivity contribution in [3.05, 3.63) is 30.1 Å². The first kappa shape index (κ1) is 18.3. The second-order valence-electron chi connectivity index (χ2n) is 7.51. The third kappa shape index (κ3) is 3.58. The molecule has 2 aliphatic heterocycles. The summed E-state index contributed by atoms with van der Waals surface area (Å²) < 4.78 is 40.5. The molecular weight excluding hydrogens is 343 g/mol. The van der Waals surface area contributed by atoms with Gasteiger partial charge in [0.15, 0.2) is 0 Å². The molecule has 25 heavy (non-hydrogen) atoms. The van der Waals surface area contributed by atoms with E-state index in [2.05, 4.69) is 0 Å². The summed E-state index contributed by atoms with van der Waals surface area (Å²) in [5, 5.41) is 0. The van der Waals surface area contributed by atoms with Crippen molar-refractivity contribution in [2.75, 3.05) is 19.6 Å². The van der Waals surface area contributed by atoms with Crippen LogP contribution in [-0.4, -0.2) is 49.2 Å². The summed E-state index contributed by atoms with van der Waals surface area (Å²) in [4.78, 5) is 14.1. The van der Waals surface area contributed by atoms with Gasteiger partial charge in [0.05, 0.1) is 4.90 Å². The van der Waals surface area contributed by atoms with Crippen LogP contribution >= 0.6 is 0 Å². The van der Waals surface area contributed by atoms with Gasteiger partial charge in [-0.25, -0.2) is 12.8 Å². The number of rotatable bonds is 3. The van der Waals surface area contributed by atoms with Gasteiger partial charge in [-0.2, -0.15) is 4.31 Å². The first-order valence-electron chi connectivity index (χ1n) is 8.79. The number of sulfonamides is 1. The van der Waals surface area contributed by atoms with Crippen molar-refractivity contribution in [3.8, 4) is 0 Å². The van der Waals surface area contributed by atoms with Gasteiger partial charge in [0, 0.05) is 37.5 Å². The lowest BCUT2D eigenvalue weighted by Gasteiger charge is -2.48.